The van der Waals surface area contributed by atoms with Crippen molar-refractivity contribution in [1.29, 1.82) is 0 Å². The topological polar surface area (TPSA) is 72.5 Å². The van der Waals surface area contributed by atoms with Crippen molar-refractivity contribution in [1.82, 2.24) is 5.32 Å². The highest BCUT2D eigenvalue weighted by Crippen LogP contribution is 2.13. The molecule has 0 bridgehead atoms. The van der Waals surface area contributed by atoms with Crippen LogP contribution in [0.4, 0.5) is 4.39 Å². The van der Waals surface area contributed by atoms with Gasteiger partial charge in [0, 0.05) is 12.5 Å². The first-order chi connectivity index (χ1) is 9.94. The number of amides is 1. The van der Waals surface area contributed by atoms with Gasteiger partial charge in [0.25, 0.3) is 0 Å². The number of carbonyl (C=O) groups is 1. The molecule has 0 aromatic heterocycles. The van der Waals surface area contributed by atoms with E-state index >= 15 is 0 Å². The van der Waals surface area contributed by atoms with Gasteiger partial charge in [0.2, 0.25) is 5.91 Å². The van der Waals surface area contributed by atoms with E-state index in [0.717, 1.165) is 0 Å². The van der Waals surface area contributed by atoms with Crippen LogP contribution in [-0.2, 0) is 14.6 Å². The van der Waals surface area contributed by atoms with Crippen molar-refractivity contribution in [3.05, 3.63) is 30.1 Å². The Kier molecular flexibility index (Phi) is 5.17. The zero-order valence-corrected chi connectivity index (χ0v) is 12.4. The molecule has 1 amide bonds. The highest BCUT2D eigenvalue weighted by atomic mass is 32.2. The van der Waals surface area contributed by atoms with Gasteiger partial charge < -0.3 is 10.1 Å². The second-order valence-corrected chi connectivity index (χ2v) is 7.30. The molecule has 1 aromatic rings. The van der Waals surface area contributed by atoms with E-state index in [0.29, 0.717) is 25.2 Å². The Labute approximate surface area is 123 Å². The number of nitrogens with one attached hydrogen (secondary N) is 1. The number of halogens is 1. The Morgan fingerprint density at radius 3 is 2.67 bits per heavy atom. The van der Waals surface area contributed by atoms with E-state index in [1.54, 1.807) is 0 Å². The van der Waals surface area contributed by atoms with Crippen molar-refractivity contribution in [3.63, 3.8) is 0 Å². The normalized spacial score (nSPS) is 20.1. The maximum absolute atomic E-state index is 12.7. The molecule has 1 saturated heterocycles. The third-order valence-corrected chi connectivity index (χ3v) is 5.00. The van der Waals surface area contributed by atoms with Crippen LogP contribution in [0.2, 0.25) is 0 Å². The fraction of sp³-hybridized carbons (Fsp3) is 0.500. The second-order valence-electron chi connectivity index (χ2n) is 5.07. The average molecular weight is 315 g/mol. The quantitative estimate of drug-likeness (QED) is 0.803. The van der Waals surface area contributed by atoms with E-state index in [2.05, 4.69) is 5.32 Å². The molecular formula is C14H18FNO4S. The van der Waals surface area contributed by atoms with Crippen LogP contribution in [-0.4, -0.2) is 38.5 Å². The summed E-state index contributed by atoms with van der Waals surface area (Å²) in [5.41, 5.74) is 0. The fourth-order valence-electron chi connectivity index (χ4n) is 2.16. The van der Waals surface area contributed by atoms with E-state index < -0.39 is 9.84 Å². The van der Waals surface area contributed by atoms with Crippen molar-refractivity contribution in [3.8, 4) is 5.75 Å². The molecular weight excluding hydrogens is 297 g/mol. The number of carbonyl (C=O) groups excluding carboxylic acids is 1. The van der Waals surface area contributed by atoms with Gasteiger partial charge in [0.15, 0.2) is 9.84 Å². The van der Waals surface area contributed by atoms with Gasteiger partial charge in [-0.25, -0.2) is 12.8 Å². The smallest absolute Gasteiger partial charge is 0.220 e. The summed E-state index contributed by atoms with van der Waals surface area (Å²) >= 11 is 0. The third kappa shape index (κ3) is 5.34. The minimum atomic E-state index is -2.98. The maximum atomic E-state index is 12.7. The number of hydrogen-bond donors (Lipinski definition) is 1. The number of rotatable bonds is 6. The van der Waals surface area contributed by atoms with E-state index in [1.165, 1.54) is 24.3 Å². The monoisotopic (exact) mass is 315 g/mol. The largest absolute Gasteiger partial charge is 0.494 e. The first-order valence-electron chi connectivity index (χ1n) is 6.83. The maximum Gasteiger partial charge on any atom is 0.220 e. The van der Waals surface area contributed by atoms with Crippen LogP contribution in [0.5, 0.6) is 5.75 Å². The predicted octanol–water partition coefficient (Wildman–Crippen LogP) is 1.29. The van der Waals surface area contributed by atoms with Crippen LogP contribution in [0.1, 0.15) is 19.3 Å². The predicted molar refractivity (Wildman–Crippen MR) is 76.3 cm³/mol. The summed E-state index contributed by atoms with van der Waals surface area (Å²) in [4.78, 5) is 11.7. The molecule has 21 heavy (non-hydrogen) atoms. The Balaban J connectivity index is 1.62. The lowest BCUT2D eigenvalue weighted by molar-refractivity contribution is -0.121. The van der Waals surface area contributed by atoms with Gasteiger partial charge in [-0.1, -0.05) is 0 Å². The second kappa shape index (κ2) is 6.89. The van der Waals surface area contributed by atoms with Gasteiger partial charge >= 0.3 is 0 Å². The van der Waals surface area contributed by atoms with Crippen LogP contribution in [0.25, 0.3) is 0 Å². The first-order valence-corrected chi connectivity index (χ1v) is 8.65. The van der Waals surface area contributed by atoms with Crippen molar-refractivity contribution in [2.45, 2.75) is 25.3 Å². The Morgan fingerprint density at radius 2 is 2.05 bits per heavy atom. The molecule has 116 valence electrons. The Hall–Kier alpha value is -1.63. The Morgan fingerprint density at radius 1 is 1.33 bits per heavy atom. The summed E-state index contributed by atoms with van der Waals surface area (Å²) in [6, 6.07) is 5.41. The highest BCUT2D eigenvalue weighted by molar-refractivity contribution is 7.91. The van der Waals surface area contributed by atoms with Crippen LogP contribution >= 0.6 is 0 Å². The highest BCUT2D eigenvalue weighted by Gasteiger charge is 2.28. The molecule has 1 atom stereocenters. The molecule has 0 unspecified atom stereocenters. The first kappa shape index (κ1) is 15.8. The number of hydrogen-bond acceptors (Lipinski definition) is 4. The van der Waals surface area contributed by atoms with Crippen molar-refractivity contribution >= 4 is 15.7 Å². The molecule has 1 aliphatic heterocycles. The minimum Gasteiger partial charge on any atom is -0.494 e. The molecule has 1 aromatic carbocycles. The molecule has 0 radical (unpaired) electrons. The van der Waals surface area contributed by atoms with Gasteiger partial charge in [-0.15, -0.1) is 0 Å². The fourth-order valence-corrected chi connectivity index (χ4v) is 3.84. The van der Waals surface area contributed by atoms with Gasteiger partial charge in [0.1, 0.15) is 11.6 Å². The SMILES string of the molecule is O=C(CCCOc1ccc(F)cc1)N[C@@H]1CCS(=O)(=O)C1. The lowest BCUT2D eigenvalue weighted by Crippen LogP contribution is -2.35. The van der Waals surface area contributed by atoms with E-state index in [1.807, 2.05) is 0 Å². The zero-order chi connectivity index (χ0) is 15.3. The summed E-state index contributed by atoms with van der Waals surface area (Å²) in [5, 5.41) is 2.72. The summed E-state index contributed by atoms with van der Waals surface area (Å²) < 4.78 is 40.6. The zero-order valence-electron chi connectivity index (χ0n) is 11.5. The van der Waals surface area contributed by atoms with Crippen LogP contribution in [0.15, 0.2) is 24.3 Å². The van der Waals surface area contributed by atoms with Crippen molar-refractivity contribution < 1.29 is 22.3 Å². The number of ether oxygens (including phenoxy) is 1. The van der Waals surface area contributed by atoms with Gasteiger partial charge in [0.05, 0.1) is 18.1 Å². The van der Waals surface area contributed by atoms with Crippen LogP contribution < -0.4 is 10.1 Å². The average Bonchev–Trinajstić information content (AvgIpc) is 2.76. The van der Waals surface area contributed by atoms with E-state index in [4.69, 9.17) is 4.74 Å². The molecule has 1 aliphatic rings. The molecule has 0 saturated carbocycles. The van der Waals surface area contributed by atoms with Crippen molar-refractivity contribution in [2.24, 2.45) is 0 Å². The summed E-state index contributed by atoms with van der Waals surface area (Å²) in [6.07, 6.45) is 1.28. The van der Waals surface area contributed by atoms with Crippen LogP contribution in [0, 0.1) is 5.82 Å². The molecule has 5 nitrogen and oxygen atoms in total. The summed E-state index contributed by atoms with van der Waals surface area (Å²) in [7, 11) is -2.98. The molecule has 1 fully saturated rings. The summed E-state index contributed by atoms with van der Waals surface area (Å²) in [5.74, 6) is 0.239. The molecule has 7 heteroatoms. The molecule has 0 aliphatic carbocycles. The number of sulfone groups is 1. The molecule has 1 N–H and O–H groups in total. The lowest BCUT2D eigenvalue weighted by atomic mass is 10.2. The van der Waals surface area contributed by atoms with Gasteiger partial charge in [-0.3, -0.25) is 4.79 Å². The lowest BCUT2D eigenvalue weighted by Gasteiger charge is -2.11. The molecule has 1 heterocycles. The van der Waals surface area contributed by atoms with Gasteiger partial charge in [-0.05, 0) is 37.1 Å². The number of benzene rings is 1. The standard InChI is InChI=1S/C14H18FNO4S/c15-11-3-5-13(6-4-11)20-8-1-2-14(17)16-12-7-9-21(18,19)10-12/h3-6,12H,1-2,7-10H2,(H,16,17)/t12-/m1/s1. The van der Waals surface area contributed by atoms with Crippen molar-refractivity contribution in [2.75, 3.05) is 18.1 Å². The Bertz CT molecular complexity index is 585. The van der Waals surface area contributed by atoms with E-state index in [9.17, 15) is 17.6 Å². The van der Waals surface area contributed by atoms with Crippen LogP contribution in [0.3, 0.4) is 0 Å². The molecule has 2 rings (SSSR count). The minimum absolute atomic E-state index is 0.0326. The third-order valence-electron chi connectivity index (χ3n) is 3.23. The molecule has 0 spiro atoms. The van der Waals surface area contributed by atoms with Gasteiger partial charge in [-0.2, -0.15) is 0 Å². The van der Waals surface area contributed by atoms with E-state index in [-0.39, 0.29) is 35.7 Å². The summed E-state index contributed by atoms with van der Waals surface area (Å²) in [6.45, 7) is 0.349.